The average Bonchev–Trinajstić information content (AvgIpc) is 3.16. The molecular formula is C23H34O4. The van der Waals surface area contributed by atoms with Crippen LogP contribution in [0.2, 0.25) is 0 Å². The minimum atomic E-state index is -0.591. The molecule has 9 atom stereocenters. The Labute approximate surface area is 162 Å². The summed E-state index contributed by atoms with van der Waals surface area (Å²) in [5.74, 6) is 1.19. The lowest BCUT2D eigenvalue weighted by atomic mass is 9.40. The molecule has 2 N–H and O–H groups in total. The van der Waals surface area contributed by atoms with Gasteiger partial charge in [0.2, 0.25) is 0 Å². The van der Waals surface area contributed by atoms with Crippen LogP contribution in [0.1, 0.15) is 59.3 Å². The van der Waals surface area contributed by atoms with E-state index in [9.17, 15) is 10.2 Å². The van der Waals surface area contributed by atoms with Gasteiger partial charge in [-0.2, -0.15) is 0 Å². The van der Waals surface area contributed by atoms with Gasteiger partial charge in [0.15, 0.2) is 5.79 Å². The Bertz CT molecular complexity index is 732. The number of aliphatic hydroxyl groups excluding tert-OH is 2. The predicted octanol–water partition coefficient (Wildman–Crippen LogP) is 3.27. The highest BCUT2D eigenvalue weighted by Crippen LogP contribution is 2.90. The summed E-state index contributed by atoms with van der Waals surface area (Å²) >= 11 is 0. The highest BCUT2D eigenvalue weighted by atomic mass is 16.7. The van der Waals surface area contributed by atoms with Crippen LogP contribution in [0.4, 0.5) is 0 Å². The number of hydrogen-bond acceptors (Lipinski definition) is 4. The van der Waals surface area contributed by atoms with E-state index in [0.717, 1.165) is 32.1 Å². The van der Waals surface area contributed by atoms with Crippen molar-refractivity contribution in [3.05, 3.63) is 12.2 Å². The molecule has 6 saturated carbocycles. The molecule has 6 aliphatic carbocycles. The first-order valence-corrected chi connectivity index (χ1v) is 11.0. The minimum Gasteiger partial charge on any atom is -0.396 e. The molecule has 1 aliphatic heterocycles. The molecular weight excluding hydrogens is 340 g/mol. The van der Waals surface area contributed by atoms with Gasteiger partial charge in [0.25, 0.3) is 0 Å². The van der Waals surface area contributed by atoms with Gasteiger partial charge >= 0.3 is 0 Å². The molecule has 7 fully saturated rings. The topological polar surface area (TPSA) is 58.9 Å². The molecule has 150 valence electrons. The summed E-state index contributed by atoms with van der Waals surface area (Å²) in [5.41, 5.74) is 0.899. The van der Waals surface area contributed by atoms with E-state index in [1.165, 1.54) is 12.0 Å². The Morgan fingerprint density at radius 2 is 1.74 bits per heavy atom. The maximum Gasteiger partial charge on any atom is 0.164 e. The van der Waals surface area contributed by atoms with Gasteiger partial charge in [-0.15, -0.1) is 0 Å². The fourth-order valence-corrected chi connectivity index (χ4v) is 9.60. The number of aliphatic hydroxyl groups is 2. The van der Waals surface area contributed by atoms with E-state index in [0.29, 0.717) is 23.7 Å². The molecule has 1 saturated heterocycles. The van der Waals surface area contributed by atoms with E-state index >= 15 is 0 Å². The molecule has 0 aromatic heterocycles. The second-order valence-corrected chi connectivity index (χ2v) is 11.4. The average molecular weight is 375 g/mol. The summed E-state index contributed by atoms with van der Waals surface area (Å²) < 4.78 is 13.4. The van der Waals surface area contributed by atoms with Crippen LogP contribution in [0.15, 0.2) is 12.2 Å². The van der Waals surface area contributed by atoms with E-state index in [-0.39, 0.29) is 41.2 Å². The summed E-state index contributed by atoms with van der Waals surface area (Å²) in [4.78, 5) is 0. The van der Waals surface area contributed by atoms with Crippen LogP contribution in [0.5, 0.6) is 0 Å². The molecule has 0 aromatic carbocycles. The standard InChI is InChI=1S/C23H34O4/c1-13-14-8-16-21(12-25)7-5-6-20(4,11-24)15(21)10-18-22(16)17(9-14)23(13,22)27-19(2,3)26-18/h14-18,24-25H,1,5-12H2,2-4H3/t14?,15?,16?,17-,18-,20+,21+,22?,23+/m1/s1. The molecule has 0 amide bonds. The number of rotatable bonds is 2. The van der Waals surface area contributed by atoms with E-state index in [4.69, 9.17) is 9.47 Å². The van der Waals surface area contributed by atoms with Crippen LogP contribution in [-0.4, -0.2) is 40.9 Å². The first kappa shape index (κ1) is 17.4. The number of fused-ring (bicyclic) bond motifs is 1. The highest BCUT2D eigenvalue weighted by molar-refractivity contribution is 5.52. The lowest BCUT2D eigenvalue weighted by Crippen LogP contribution is -2.68. The Morgan fingerprint density at radius 3 is 2.44 bits per heavy atom. The van der Waals surface area contributed by atoms with E-state index in [1.54, 1.807) is 0 Å². The fraction of sp³-hybridized carbons (Fsp3) is 0.913. The number of ether oxygens (including phenoxy) is 2. The van der Waals surface area contributed by atoms with Gasteiger partial charge in [-0.25, -0.2) is 0 Å². The molecule has 0 radical (unpaired) electrons. The van der Waals surface area contributed by atoms with Gasteiger partial charge in [-0.05, 0) is 74.7 Å². The normalized spacial score (nSPS) is 62.0. The molecule has 4 unspecified atom stereocenters. The van der Waals surface area contributed by atoms with Crippen LogP contribution >= 0.6 is 0 Å². The Kier molecular flexibility index (Phi) is 3.01. The minimum absolute atomic E-state index is 0.0152. The van der Waals surface area contributed by atoms with Crippen LogP contribution < -0.4 is 0 Å². The third-order valence-corrected chi connectivity index (χ3v) is 10.3. The first-order chi connectivity index (χ1) is 12.7. The highest BCUT2D eigenvalue weighted by Gasteiger charge is 2.94. The largest absolute Gasteiger partial charge is 0.396 e. The Morgan fingerprint density at radius 1 is 1.00 bits per heavy atom. The lowest BCUT2D eigenvalue weighted by Gasteiger charge is -2.67. The Balaban J connectivity index is 1.55. The van der Waals surface area contributed by atoms with Crippen LogP contribution in [0, 0.1) is 39.9 Å². The smallest absolute Gasteiger partial charge is 0.164 e. The lowest BCUT2D eigenvalue weighted by molar-refractivity contribution is -0.355. The third kappa shape index (κ3) is 1.56. The van der Waals surface area contributed by atoms with Gasteiger partial charge < -0.3 is 19.7 Å². The predicted molar refractivity (Wildman–Crippen MR) is 101 cm³/mol. The monoisotopic (exact) mass is 374 g/mol. The summed E-state index contributed by atoms with van der Waals surface area (Å²) in [6.07, 6.45) is 6.64. The summed E-state index contributed by atoms with van der Waals surface area (Å²) in [7, 11) is 0. The van der Waals surface area contributed by atoms with Crippen molar-refractivity contribution >= 4 is 0 Å². The molecule has 4 bridgehead atoms. The quantitative estimate of drug-likeness (QED) is 0.729. The van der Waals surface area contributed by atoms with Gasteiger partial charge in [-0.1, -0.05) is 19.9 Å². The summed E-state index contributed by atoms with van der Waals surface area (Å²) in [6.45, 7) is 11.3. The zero-order valence-electron chi connectivity index (χ0n) is 17.0. The molecule has 4 nitrogen and oxygen atoms in total. The third-order valence-electron chi connectivity index (χ3n) is 10.3. The van der Waals surface area contributed by atoms with Crippen LogP contribution in [0.25, 0.3) is 0 Å². The van der Waals surface area contributed by atoms with E-state index < -0.39 is 5.79 Å². The van der Waals surface area contributed by atoms with Gasteiger partial charge in [0.05, 0.1) is 6.10 Å². The fourth-order valence-electron chi connectivity index (χ4n) is 9.60. The van der Waals surface area contributed by atoms with Crippen molar-refractivity contribution in [2.24, 2.45) is 39.9 Å². The van der Waals surface area contributed by atoms with Crippen molar-refractivity contribution in [2.75, 3.05) is 13.2 Å². The molecule has 4 heteroatoms. The van der Waals surface area contributed by atoms with Gasteiger partial charge in [0.1, 0.15) is 5.60 Å². The SMILES string of the molecule is C=C1C2CC3C45[C@@H](C2)[C@@]14OC(C)(C)O[C@@H]5CC1[C@](C)(CO)CCC[C@@]31CO. The molecule has 1 heterocycles. The van der Waals surface area contributed by atoms with Crippen molar-refractivity contribution in [3.63, 3.8) is 0 Å². The second-order valence-electron chi connectivity index (χ2n) is 11.4. The summed E-state index contributed by atoms with van der Waals surface area (Å²) in [6, 6.07) is 0. The molecule has 27 heavy (non-hydrogen) atoms. The molecule has 7 aliphatic rings. The van der Waals surface area contributed by atoms with Crippen LogP contribution in [0.3, 0.4) is 0 Å². The van der Waals surface area contributed by atoms with Crippen LogP contribution in [-0.2, 0) is 9.47 Å². The second kappa shape index (κ2) is 4.66. The van der Waals surface area contributed by atoms with E-state index in [1.807, 2.05) is 0 Å². The Hall–Kier alpha value is -0.420. The maximum absolute atomic E-state index is 10.8. The van der Waals surface area contributed by atoms with Crippen molar-refractivity contribution in [3.8, 4) is 0 Å². The van der Waals surface area contributed by atoms with Crippen molar-refractivity contribution in [1.82, 2.24) is 0 Å². The van der Waals surface area contributed by atoms with Gasteiger partial charge in [-0.3, -0.25) is 0 Å². The van der Waals surface area contributed by atoms with Crippen molar-refractivity contribution in [2.45, 2.75) is 76.8 Å². The maximum atomic E-state index is 10.8. The first-order valence-electron chi connectivity index (χ1n) is 11.0. The molecule has 2 spiro atoms. The van der Waals surface area contributed by atoms with E-state index in [2.05, 4.69) is 27.4 Å². The molecule has 0 aromatic rings. The van der Waals surface area contributed by atoms with Gasteiger partial charge in [0, 0.05) is 30.0 Å². The van der Waals surface area contributed by atoms with Crippen molar-refractivity contribution < 1.29 is 19.7 Å². The summed E-state index contributed by atoms with van der Waals surface area (Å²) in [5, 5.41) is 21.2. The van der Waals surface area contributed by atoms with Crippen molar-refractivity contribution in [1.29, 1.82) is 0 Å². The zero-order chi connectivity index (χ0) is 19.0. The zero-order valence-corrected chi connectivity index (χ0v) is 17.0. The number of hydrogen-bond donors (Lipinski definition) is 2. The molecule has 7 rings (SSSR count).